The molecule has 2 heterocycles. The van der Waals surface area contributed by atoms with Gasteiger partial charge in [0.2, 0.25) is 0 Å². The summed E-state index contributed by atoms with van der Waals surface area (Å²) < 4.78 is 59.2. The first-order valence-electron chi connectivity index (χ1n) is 9.81. The van der Waals surface area contributed by atoms with Gasteiger partial charge >= 0.3 is 0 Å². The summed E-state index contributed by atoms with van der Waals surface area (Å²) in [6, 6.07) is 8.77. The number of nitrogens with one attached hydrogen (secondary N) is 1. The second-order valence-corrected chi connectivity index (χ2v) is 9.83. The molecule has 2 aromatic heterocycles. The van der Waals surface area contributed by atoms with Crippen LogP contribution in [0.25, 0.3) is 27.6 Å². The smallest absolute Gasteiger partial charge is 0.274 e. The standard InChI is InChI=1S/C24H20F2N2O4S/c1-13(2)20-11-17-18(12-28(3)24(29)23(17)27-20)16-10-15(33(4,30)31)6-8-21(16)32-22-7-5-14(25)9-19(22)26/h5-12,27H,1H2,2-4H3. The molecule has 0 aliphatic heterocycles. The van der Waals surface area contributed by atoms with E-state index in [1.807, 2.05) is 0 Å². The fraction of sp³-hybridized carbons (Fsp3) is 0.125. The van der Waals surface area contributed by atoms with Crippen molar-refractivity contribution in [1.29, 1.82) is 0 Å². The summed E-state index contributed by atoms with van der Waals surface area (Å²) in [6.45, 7) is 5.68. The predicted molar refractivity (Wildman–Crippen MR) is 123 cm³/mol. The molecule has 0 saturated carbocycles. The van der Waals surface area contributed by atoms with Gasteiger partial charge in [0.1, 0.15) is 17.1 Å². The molecule has 4 rings (SSSR count). The van der Waals surface area contributed by atoms with Crippen molar-refractivity contribution in [3.05, 3.63) is 82.9 Å². The second kappa shape index (κ2) is 8.00. The molecule has 0 unspecified atom stereocenters. The number of hydrogen-bond donors (Lipinski definition) is 1. The van der Waals surface area contributed by atoms with E-state index in [1.54, 1.807) is 26.2 Å². The average Bonchev–Trinajstić information content (AvgIpc) is 3.18. The van der Waals surface area contributed by atoms with E-state index in [2.05, 4.69) is 11.6 Å². The third kappa shape index (κ3) is 4.19. The number of ether oxygens (including phenoxy) is 1. The van der Waals surface area contributed by atoms with Crippen LogP contribution in [-0.4, -0.2) is 24.2 Å². The first-order valence-corrected chi connectivity index (χ1v) is 11.7. The highest BCUT2D eigenvalue weighted by Gasteiger charge is 2.20. The van der Waals surface area contributed by atoms with Crippen molar-refractivity contribution >= 4 is 26.3 Å². The van der Waals surface area contributed by atoms with Gasteiger partial charge in [0.05, 0.1) is 4.90 Å². The Hall–Kier alpha value is -3.72. The summed E-state index contributed by atoms with van der Waals surface area (Å²) >= 11 is 0. The van der Waals surface area contributed by atoms with E-state index in [4.69, 9.17) is 4.74 Å². The minimum Gasteiger partial charge on any atom is -0.454 e. The fourth-order valence-electron chi connectivity index (χ4n) is 3.49. The molecule has 0 fully saturated rings. The average molecular weight is 470 g/mol. The van der Waals surface area contributed by atoms with Crippen molar-refractivity contribution in [1.82, 2.24) is 9.55 Å². The van der Waals surface area contributed by atoms with Crippen LogP contribution in [0.15, 0.2) is 64.9 Å². The molecule has 0 spiro atoms. The fourth-order valence-corrected chi connectivity index (χ4v) is 4.14. The lowest BCUT2D eigenvalue weighted by atomic mass is 10.0. The number of rotatable bonds is 5. The van der Waals surface area contributed by atoms with Crippen LogP contribution in [0.4, 0.5) is 8.78 Å². The monoisotopic (exact) mass is 470 g/mol. The lowest BCUT2D eigenvalue weighted by Gasteiger charge is -2.15. The van der Waals surface area contributed by atoms with Crippen LogP contribution >= 0.6 is 0 Å². The third-order valence-corrected chi connectivity index (χ3v) is 6.32. The van der Waals surface area contributed by atoms with Crippen molar-refractivity contribution in [2.45, 2.75) is 11.8 Å². The second-order valence-electron chi connectivity index (χ2n) is 7.82. The molecular weight excluding hydrogens is 450 g/mol. The van der Waals surface area contributed by atoms with Gasteiger partial charge in [0.15, 0.2) is 21.4 Å². The molecule has 0 radical (unpaired) electrons. The van der Waals surface area contributed by atoms with Gasteiger partial charge in [0, 0.05) is 47.8 Å². The Balaban J connectivity index is 2.03. The van der Waals surface area contributed by atoms with Crippen LogP contribution in [0.5, 0.6) is 11.5 Å². The summed E-state index contributed by atoms with van der Waals surface area (Å²) in [6.07, 6.45) is 2.62. The van der Waals surface area contributed by atoms with Crippen molar-refractivity contribution in [3.63, 3.8) is 0 Å². The Morgan fingerprint density at radius 1 is 1.06 bits per heavy atom. The van der Waals surface area contributed by atoms with Crippen molar-refractivity contribution < 1.29 is 21.9 Å². The van der Waals surface area contributed by atoms with E-state index < -0.39 is 21.5 Å². The predicted octanol–water partition coefficient (Wildman–Crippen LogP) is 5.04. The maximum absolute atomic E-state index is 14.3. The summed E-state index contributed by atoms with van der Waals surface area (Å²) in [7, 11) is -2.02. The Morgan fingerprint density at radius 2 is 1.76 bits per heavy atom. The van der Waals surface area contributed by atoms with Crippen LogP contribution in [0.2, 0.25) is 0 Å². The van der Waals surface area contributed by atoms with E-state index in [0.717, 1.165) is 18.4 Å². The molecule has 2 aromatic carbocycles. The van der Waals surface area contributed by atoms with Crippen molar-refractivity contribution in [2.24, 2.45) is 7.05 Å². The number of hydrogen-bond acceptors (Lipinski definition) is 4. The van der Waals surface area contributed by atoms with Gasteiger partial charge < -0.3 is 14.3 Å². The molecule has 170 valence electrons. The van der Waals surface area contributed by atoms with E-state index in [1.165, 1.54) is 22.8 Å². The summed E-state index contributed by atoms with van der Waals surface area (Å²) in [4.78, 5) is 15.8. The van der Waals surface area contributed by atoms with Crippen LogP contribution in [0.3, 0.4) is 0 Å². The summed E-state index contributed by atoms with van der Waals surface area (Å²) in [5.74, 6) is -1.77. The molecule has 33 heavy (non-hydrogen) atoms. The van der Waals surface area contributed by atoms with Gasteiger partial charge in [-0.2, -0.15) is 0 Å². The van der Waals surface area contributed by atoms with Gasteiger partial charge in [-0.1, -0.05) is 6.58 Å². The highest BCUT2D eigenvalue weighted by molar-refractivity contribution is 7.90. The normalized spacial score (nSPS) is 11.7. The number of aromatic nitrogens is 2. The number of halogens is 2. The van der Waals surface area contributed by atoms with E-state index in [9.17, 15) is 22.0 Å². The van der Waals surface area contributed by atoms with Gasteiger partial charge in [-0.3, -0.25) is 4.79 Å². The van der Waals surface area contributed by atoms with Gasteiger partial charge in [-0.25, -0.2) is 17.2 Å². The zero-order valence-corrected chi connectivity index (χ0v) is 18.9. The van der Waals surface area contributed by atoms with Crippen LogP contribution in [-0.2, 0) is 16.9 Å². The number of fused-ring (bicyclic) bond motifs is 1. The van der Waals surface area contributed by atoms with E-state index >= 15 is 0 Å². The van der Waals surface area contributed by atoms with Gasteiger partial charge in [0.25, 0.3) is 5.56 Å². The van der Waals surface area contributed by atoms with Crippen LogP contribution in [0, 0.1) is 11.6 Å². The molecule has 0 amide bonds. The Kier molecular flexibility index (Phi) is 5.45. The number of allylic oxidation sites excluding steroid dienone is 1. The Labute approximate surface area is 188 Å². The molecule has 1 N–H and O–H groups in total. The van der Waals surface area contributed by atoms with Crippen LogP contribution in [0.1, 0.15) is 12.6 Å². The largest absolute Gasteiger partial charge is 0.454 e. The van der Waals surface area contributed by atoms with E-state index in [-0.39, 0.29) is 22.0 Å². The third-order valence-electron chi connectivity index (χ3n) is 5.21. The highest BCUT2D eigenvalue weighted by Crippen LogP contribution is 2.39. The summed E-state index contributed by atoms with van der Waals surface area (Å²) in [5, 5.41) is 0.520. The number of benzene rings is 2. The van der Waals surface area contributed by atoms with Crippen molar-refractivity contribution in [2.75, 3.05) is 6.26 Å². The molecule has 9 heteroatoms. The van der Waals surface area contributed by atoms with Gasteiger partial charge in [-0.05, 0) is 48.9 Å². The van der Waals surface area contributed by atoms with Crippen LogP contribution < -0.4 is 10.3 Å². The molecule has 0 aliphatic carbocycles. The molecule has 6 nitrogen and oxygen atoms in total. The SMILES string of the molecule is C=C(C)c1cc2c(-c3cc(S(C)(=O)=O)ccc3Oc3ccc(F)cc3F)cn(C)c(=O)c2[nH]1. The molecule has 0 bridgehead atoms. The molecule has 0 atom stereocenters. The zero-order valence-electron chi connectivity index (χ0n) is 18.1. The number of sulfone groups is 1. The number of aryl methyl sites for hydroxylation is 1. The van der Waals surface area contributed by atoms with Gasteiger partial charge in [-0.15, -0.1) is 0 Å². The molecule has 4 aromatic rings. The lowest BCUT2D eigenvalue weighted by molar-refractivity contribution is 0.438. The minimum absolute atomic E-state index is 0.0158. The van der Waals surface area contributed by atoms with E-state index in [0.29, 0.717) is 39.4 Å². The maximum atomic E-state index is 14.3. The van der Waals surface area contributed by atoms with Crippen molar-refractivity contribution in [3.8, 4) is 22.6 Å². The molecule has 0 aliphatic rings. The first-order chi connectivity index (χ1) is 15.5. The zero-order chi connectivity index (χ0) is 24.1. The molecular formula is C24H20F2N2O4S. The first kappa shape index (κ1) is 22.5. The Bertz CT molecular complexity index is 1600. The number of H-pyrrole nitrogens is 1. The lowest BCUT2D eigenvalue weighted by Crippen LogP contribution is -2.16. The Morgan fingerprint density at radius 3 is 2.39 bits per heavy atom. The quantitative estimate of drug-likeness (QED) is 0.443. The number of nitrogens with zero attached hydrogens (tertiary/aromatic N) is 1. The maximum Gasteiger partial charge on any atom is 0.274 e. The molecule has 0 saturated heterocycles. The number of pyridine rings is 1. The topological polar surface area (TPSA) is 81.2 Å². The summed E-state index contributed by atoms with van der Waals surface area (Å²) in [5.41, 5.74) is 2.16. The highest BCUT2D eigenvalue weighted by atomic mass is 32.2. The minimum atomic E-state index is -3.59. The number of aromatic amines is 1.